The van der Waals surface area contributed by atoms with Crippen LogP contribution < -0.4 is 0 Å². The molecular formula is C27H27NO3. The van der Waals surface area contributed by atoms with Gasteiger partial charge in [-0.25, -0.2) is 0 Å². The third-order valence-electron chi connectivity index (χ3n) is 6.76. The molecule has 2 saturated heterocycles. The Morgan fingerprint density at radius 2 is 1.45 bits per heavy atom. The van der Waals surface area contributed by atoms with E-state index in [0.717, 1.165) is 16.7 Å². The average Bonchev–Trinajstić information content (AvgIpc) is 2.81. The molecule has 158 valence electrons. The van der Waals surface area contributed by atoms with Crippen molar-refractivity contribution in [1.29, 1.82) is 0 Å². The van der Waals surface area contributed by atoms with Crippen LogP contribution in [0.25, 0.3) is 0 Å². The Morgan fingerprint density at radius 3 is 2.03 bits per heavy atom. The van der Waals surface area contributed by atoms with Crippen LogP contribution in [0, 0.1) is 5.41 Å². The van der Waals surface area contributed by atoms with E-state index in [1.165, 1.54) is 0 Å². The molecule has 2 aliphatic rings. The van der Waals surface area contributed by atoms with E-state index in [1.54, 1.807) is 0 Å². The minimum atomic E-state index is -0.799. The Labute approximate surface area is 183 Å². The van der Waals surface area contributed by atoms with Gasteiger partial charge < -0.3 is 14.7 Å². The van der Waals surface area contributed by atoms with Gasteiger partial charge in [0.25, 0.3) is 0 Å². The lowest BCUT2D eigenvalue weighted by Crippen LogP contribution is -2.77. The monoisotopic (exact) mass is 413 g/mol. The predicted molar refractivity (Wildman–Crippen MR) is 119 cm³/mol. The third-order valence-corrected chi connectivity index (χ3v) is 6.76. The molecule has 1 spiro atoms. The van der Waals surface area contributed by atoms with Crippen molar-refractivity contribution in [3.8, 4) is 0 Å². The van der Waals surface area contributed by atoms with E-state index in [9.17, 15) is 9.90 Å². The lowest BCUT2D eigenvalue weighted by molar-refractivity contribution is -0.327. The summed E-state index contributed by atoms with van der Waals surface area (Å²) in [6, 6.07) is 30.0. The van der Waals surface area contributed by atoms with Gasteiger partial charge in [0.1, 0.15) is 17.6 Å². The summed E-state index contributed by atoms with van der Waals surface area (Å²) in [5.41, 5.74) is 2.36. The van der Waals surface area contributed by atoms with Gasteiger partial charge in [0.2, 0.25) is 5.91 Å². The molecule has 1 unspecified atom stereocenters. The Morgan fingerprint density at radius 1 is 0.903 bits per heavy atom. The summed E-state index contributed by atoms with van der Waals surface area (Å²) in [6.45, 7) is 2.47. The minimum Gasteiger partial charge on any atom is -0.390 e. The van der Waals surface area contributed by atoms with Crippen molar-refractivity contribution in [2.75, 3.05) is 0 Å². The fourth-order valence-electron chi connectivity index (χ4n) is 5.30. The number of hydrogen-bond donors (Lipinski definition) is 1. The highest BCUT2D eigenvalue weighted by Gasteiger charge is 2.76. The standard InChI is InChI=1S/C27H27NO3/c1-2-22(29)25-27(24(31-25)21-16-10-5-11-17-21)23(20-14-8-4-9-15-20)28(26(27)30)18-19-12-6-3-7-13-19/h3-17,22-25,29H,2,18H2,1H3/t22-,23+,24+,25-,27?/m0/s1. The zero-order chi connectivity index (χ0) is 21.4. The van der Waals surface area contributed by atoms with Crippen LogP contribution in [0.3, 0.4) is 0 Å². The lowest BCUT2D eigenvalue weighted by Gasteiger charge is -2.68. The number of aliphatic hydroxyl groups is 1. The summed E-state index contributed by atoms with van der Waals surface area (Å²) in [7, 11) is 0. The molecular weight excluding hydrogens is 386 g/mol. The second-order valence-corrected chi connectivity index (χ2v) is 8.49. The Bertz CT molecular complexity index is 1040. The first-order valence-corrected chi connectivity index (χ1v) is 11.0. The summed E-state index contributed by atoms with van der Waals surface area (Å²) in [4.78, 5) is 15.8. The molecule has 4 nitrogen and oxygen atoms in total. The van der Waals surface area contributed by atoms with Crippen LogP contribution in [0.4, 0.5) is 0 Å². The molecule has 0 radical (unpaired) electrons. The molecule has 31 heavy (non-hydrogen) atoms. The maximum absolute atomic E-state index is 13.9. The van der Waals surface area contributed by atoms with Gasteiger partial charge in [0, 0.05) is 6.54 Å². The van der Waals surface area contributed by atoms with Gasteiger partial charge in [0.15, 0.2) is 0 Å². The second kappa shape index (κ2) is 7.95. The van der Waals surface area contributed by atoms with Gasteiger partial charge >= 0.3 is 0 Å². The molecule has 3 aromatic carbocycles. The largest absolute Gasteiger partial charge is 0.390 e. The number of aliphatic hydroxyl groups excluding tert-OH is 1. The van der Waals surface area contributed by atoms with Crippen molar-refractivity contribution >= 4 is 5.91 Å². The number of amides is 1. The van der Waals surface area contributed by atoms with Crippen LogP contribution in [-0.4, -0.2) is 28.1 Å². The van der Waals surface area contributed by atoms with Crippen LogP contribution in [0.5, 0.6) is 0 Å². The zero-order valence-electron chi connectivity index (χ0n) is 17.6. The van der Waals surface area contributed by atoms with Gasteiger partial charge in [-0.2, -0.15) is 0 Å². The molecule has 3 aromatic rings. The van der Waals surface area contributed by atoms with E-state index >= 15 is 0 Å². The summed E-state index contributed by atoms with van der Waals surface area (Å²) in [5.74, 6) is 0.0582. The van der Waals surface area contributed by atoms with E-state index < -0.39 is 17.6 Å². The quantitative estimate of drug-likeness (QED) is 0.598. The molecule has 0 aliphatic carbocycles. The van der Waals surface area contributed by atoms with Crippen LogP contribution in [-0.2, 0) is 16.1 Å². The number of nitrogens with zero attached hydrogens (tertiary/aromatic N) is 1. The number of carbonyl (C=O) groups is 1. The van der Waals surface area contributed by atoms with Gasteiger partial charge in [0.05, 0.1) is 12.1 Å². The highest BCUT2D eigenvalue weighted by molar-refractivity contribution is 5.93. The van der Waals surface area contributed by atoms with Crippen LogP contribution in [0.1, 0.15) is 42.2 Å². The number of hydrogen-bond acceptors (Lipinski definition) is 3. The first kappa shape index (κ1) is 20.0. The Balaban J connectivity index is 1.60. The molecule has 5 atom stereocenters. The van der Waals surface area contributed by atoms with Crippen LogP contribution in [0.15, 0.2) is 91.0 Å². The molecule has 5 rings (SSSR count). The second-order valence-electron chi connectivity index (χ2n) is 8.49. The van der Waals surface area contributed by atoms with E-state index in [0.29, 0.717) is 13.0 Å². The molecule has 0 bridgehead atoms. The lowest BCUT2D eigenvalue weighted by atomic mass is 9.54. The normalized spacial score (nSPS) is 28.1. The molecule has 1 N–H and O–H groups in total. The fourth-order valence-corrected chi connectivity index (χ4v) is 5.30. The summed E-state index contributed by atoms with van der Waals surface area (Å²) >= 11 is 0. The van der Waals surface area contributed by atoms with Crippen molar-refractivity contribution in [2.24, 2.45) is 5.41 Å². The number of rotatable bonds is 6. The Kier molecular flexibility index (Phi) is 5.12. The highest BCUT2D eigenvalue weighted by atomic mass is 16.5. The number of carbonyl (C=O) groups excluding carboxylic acids is 1. The van der Waals surface area contributed by atoms with Gasteiger partial charge in [-0.05, 0) is 23.1 Å². The molecule has 0 saturated carbocycles. The number of ether oxygens (including phenoxy) is 1. The van der Waals surface area contributed by atoms with Crippen LogP contribution in [0.2, 0.25) is 0 Å². The molecule has 2 heterocycles. The number of β-lactam (4-membered cyclic amide) rings is 1. The predicted octanol–water partition coefficient (Wildman–Crippen LogP) is 4.67. The first-order chi connectivity index (χ1) is 15.2. The maximum atomic E-state index is 13.9. The van der Waals surface area contributed by atoms with E-state index in [2.05, 4.69) is 12.1 Å². The van der Waals surface area contributed by atoms with Crippen molar-refractivity contribution in [1.82, 2.24) is 4.90 Å². The van der Waals surface area contributed by atoms with E-state index in [4.69, 9.17) is 4.74 Å². The molecule has 4 heteroatoms. The van der Waals surface area contributed by atoms with Crippen molar-refractivity contribution in [3.63, 3.8) is 0 Å². The number of likely N-dealkylation sites (tertiary alicyclic amines) is 1. The van der Waals surface area contributed by atoms with Gasteiger partial charge in [-0.3, -0.25) is 4.79 Å². The molecule has 1 amide bonds. The molecule has 2 fully saturated rings. The summed E-state index contributed by atoms with van der Waals surface area (Å²) < 4.78 is 6.26. The molecule has 0 aromatic heterocycles. The Hall–Kier alpha value is -2.95. The zero-order valence-corrected chi connectivity index (χ0v) is 17.6. The average molecular weight is 414 g/mol. The van der Waals surface area contributed by atoms with E-state index in [1.807, 2.05) is 90.7 Å². The van der Waals surface area contributed by atoms with Gasteiger partial charge in [-0.1, -0.05) is 97.9 Å². The van der Waals surface area contributed by atoms with Crippen molar-refractivity contribution in [3.05, 3.63) is 108 Å². The topological polar surface area (TPSA) is 49.8 Å². The van der Waals surface area contributed by atoms with Crippen molar-refractivity contribution < 1.29 is 14.6 Å². The number of benzene rings is 3. The third kappa shape index (κ3) is 3.01. The smallest absolute Gasteiger partial charge is 0.237 e. The minimum absolute atomic E-state index is 0.0582. The first-order valence-electron chi connectivity index (χ1n) is 11.0. The van der Waals surface area contributed by atoms with Crippen molar-refractivity contribution in [2.45, 2.75) is 44.2 Å². The SMILES string of the molecule is CC[C@H](O)[C@@H]1O[C@H](c2ccccc2)C12C(=O)N(Cc1ccccc1)[C@@H]2c1ccccc1. The van der Waals surface area contributed by atoms with E-state index in [-0.39, 0.29) is 18.1 Å². The molecule has 2 aliphatic heterocycles. The highest BCUT2D eigenvalue weighted by Crippen LogP contribution is 2.68. The van der Waals surface area contributed by atoms with Gasteiger partial charge in [-0.15, -0.1) is 0 Å². The summed E-state index contributed by atoms with van der Waals surface area (Å²) in [5, 5.41) is 10.8. The van der Waals surface area contributed by atoms with Crippen LogP contribution >= 0.6 is 0 Å². The summed E-state index contributed by atoms with van der Waals surface area (Å²) in [6.07, 6.45) is -1.03. The maximum Gasteiger partial charge on any atom is 0.237 e. The fraction of sp³-hybridized carbons (Fsp3) is 0.296.